The largest absolute Gasteiger partial charge is 1.00 e. The Hall–Kier alpha value is -8.52. The normalized spacial score (nSPS) is 19.4. The molecule has 34 heteroatoms. The molecule has 1 fully saturated rings. The topological polar surface area (TPSA) is 519 Å². The molecule has 0 radical (unpaired) electrons. The first-order chi connectivity index (χ1) is 49.4. The SMILES string of the molecule is CC(=O)C1CCC(=O)CC1.CC(=O)C1CCc2[nH]ncc2C1.CC(=O)C1CCc2[nH]ncc2C1.CC(=O)C1CCc2[nH]ncc2C1.CF.C[C@@H]1CCc2[nH]ncc2C1.C[C@H]1CCc2[nH]ncc2C1.NN.O=C=O.O=C=O.O=CO[C@@H]1CCc2[nH]ncc2C1.O=CO[C@H]1CCc2[nH]ncc2C1.[2H]C.[Li+].[Li+].[OH-].[OH-]. The minimum absolute atomic E-state index is 0. The van der Waals surface area contributed by atoms with Gasteiger partial charge >= 0.3 is 50.0 Å². The van der Waals surface area contributed by atoms with Gasteiger partial charge in [-0.3, -0.25) is 85.3 Å². The summed E-state index contributed by atoms with van der Waals surface area (Å²) in [5.41, 5.74) is 17.6. The molecule has 0 spiro atoms. The summed E-state index contributed by atoms with van der Waals surface area (Å²) < 4.78 is 25.0. The van der Waals surface area contributed by atoms with Gasteiger partial charge in [0.15, 0.2) is 0 Å². The molecule has 7 atom stereocenters. The van der Waals surface area contributed by atoms with Crippen molar-refractivity contribution in [3.63, 3.8) is 0 Å². The number of aromatic amines is 7. The van der Waals surface area contributed by atoms with Crippen molar-refractivity contribution in [3.05, 3.63) is 122 Å². The Kier molecular flexibility index (Phi) is 50.5. The second-order valence-corrected chi connectivity index (χ2v) is 25.7. The number of aromatic nitrogens is 14. The summed E-state index contributed by atoms with van der Waals surface area (Å²) in [7, 11) is 1.75. The second-order valence-electron chi connectivity index (χ2n) is 25.7. The Morgan fingerprint density at radius 2 is 0.610 bits per heavy atom. The van der Waals surface area contributed by atoms with Crippen molar-refractivity contribution in [1.29, 1.82) is 0 Å². The van der Waals surface area contributed by atoms with Gasteiger partial charge in [-0.1, -0.05) is 21.3 Å². The number of Topliss-reactive ketones (excluding diaryl/α,β-unsaturated/α-hetero) is 5. The number of fused-ring (bicyclic) bond motifs is 7. The maximum Gasteiger partial charge on any atom is 1.00 e. The van der Waals surface area contributed by atoms with E-state index in [1.54, 1.807) is 40.1 Å². The zero-order valence-electron chi connectivity index (χ0n) is 63.4. The fraction of sp³-hybridized carbons (Fsp3) is 0.577. The Morgan fingerprint density at radius 1 is 0.410 bits per heavy atom. The third-order valence-corrected chi connectivity index (χ3v) is 18.9. The van der Waals surface area contributed by atoms with Crippen LogP contribution in [0.4, 0.5) is 4.39 Å². The van der Waals surface area contributed by atoms with Crippen LogP contribution in [0.3, 0.4) is 0 Å². The maximum atomic E-state index is 11.1. The van der Waals surface area contributed by atoms with Crippen molar-refractivity contribution in [2.75, 3.05) is 7.18 Å². The van der Waals surface area contributed by atoms with Gasteiger partial charge in [-0.25, -0.2) is 0 Å². The van der Waals surface area contributed by atoms with Crippen LogP contribution in [0.2, 0.25) is 0 Å². The van der Waals surface area contributed by atoms with E-state index in [4.69, 9.17) is 30.0 Å². The van der Waals surface area contributed by atoms with E-state index in [2.05, 4.69) is 96.9 Å². The molecule has 3 unspecified atom stereocenters. The first-order valence-electron chi connectivity index (χ1n) is 34.9. The number of alkyl halides is 1. The average Bonchev–Trinajstić information content (AvgIpc) is 1.57. The zero-order chi connectivity index (χ0) is 75.4. The fourth-order valence-electron chi connectivity index (χ4n) is 13.0. The van der Waals surface area contributed by atoms with Crippen LogP contribution in [-0.2, 0) is 152 Å². The molecule has 0 aromatic carbocycles. The molecule has 8 aliphatic carbocycles. The average molecular weight is 1460 g/mol. The molecular weight excluding hydrogens is 1350 g/mol. The molecule has 7 aromatic rings. The van der Waals surface area contributed by atoms with Crippen molar-refractivity contribution >= 4 is 54.2 Å². The number of nitrogens with zero attached hydrogens (tertiary/aromatic N) is 7. The fourth-order valence-corrected chi connectivity index (χ4v) is 13.0. The van der Waals surface area contributed by atoms with Gasteiger partial charge in [-0.2, -0.15) is 54.9 Å². The third kappa shape index (κ3) is 34.1. The molecule has 568 valence electrons. The molecule has 0 saturated heterocycles. The summed E-state index contributed by atoms with van der Waals surface area (Å²) in [6.07, 6.45) is 37.6. The van der Waals surface area contributed by atoms with Crippen molar-refractivity contribution in [3.8, 4) is 0 Å². The number of ether oxygens (including phenoxy) is 2. The van der Waals surface area contributed by atoms with Crippen LogP contribution in [0.25, 0.3) is 0 Å². The number of rotatable bonds is 8. The van der Waals surface area contributed by atoms with Gasteiger partial charge in [-0.05, 0) is 213 Å². The van der Waals surface area contributed by atoms with E-state index in [1.165, 1.54) is 125 Å². The van der Waals surface area contributed by atoms with E-state index in [1.807, 2.05) is 31.0 Å². The van der Waals surface area contributed by atoms with Crippen LogP contribution in [0, 0.1) is 35.5 Å². The summed E-state index contributed by atoms with van der Waals surface area (Å²) in [6.45, 7) is 12.3. The third-order valence-electron chi connectivity index (χ3n) is 18.9. The van der Waals surface area contributed by atoms with E-state index >= 15 is 0 Å². The predicted molar refractivity (Wildman–Crippen MR) is 371 cm³/mol. The van der Waals surface area contributed by atoms with E-state index in [0.29, 0.717) is 56.1 Å². The van der Waals surface area contributed by atoms with Crippen molar-refractivity contribution in [2.45, 2.75) is 222 Å². The molecule has 7 aromatic heterocycles. The number of hydrazine groups is 1. The summed E-state index contributed by atoms with van der Waals surface area (Å²) in [5.74, 6) is 12.1. The molecule has 105 heavy (non-hydrogen) atoms. The molecule has 13 N–H and O–H groups in total. The van der Waals surface area contributed by atoms with E-state index in [9.17, 15) is 38.0 Å². The van der Waals surface area contributed by atoms with E-state index < -0.39 is 0 Å². The molecule has 0 amide bonds. The quantitative estimate of drug-likeness (QED) is 0.0445. The number of carbonyl (C=O) groups excluding carboxylic acids is 11. The number of hydrogen-bond acceptors (Lipinski definition) is 24. The first kappa shape index (κ1) is 96.5. The smallest absolute Gasteiger partial charge is 0.870 e. The molecule has 31 nitrogen and oxygen atoms in total. The molecule has 0 aliphatic heterocycles. The summed E-state index contributed by atoms with van der Waals surface area (Å²) in [4.78, 5) is 107. The predicted octanol–water partition coefficient (Wildman–Crippen LogP) is 1.12. The number of nitrogens with two attached hydrogens (primary N) is 2. The Morgan fingerprint density at radius 3 is 0.838 bits per heavy atom. The number of ketones is 5. The molecular formula is C71H105FLi2N16O15. The molecule has 0 bridgehead atoms. The number of carbonyl (C=O) groups is 7. The van der Waals surface area contributed by atoms with Crippen molar-refractivity contribution in [1.82, 2.24) is 71.4 Å². The van der Waals surface area contributed by atoms with Crippen LogP contribution < -0.4 is 49.4 Å². The Labute approximate surface area is 637 Å². The number of aryl methyl sites for hydroxylation is 7. The van der Waals surface area contributed by atoms with E-state index in [0.717, 1.165) is 121 Å². The number of nitrogens with one attached hydrogen (secondary N) is 7. The van der Waals surface area contributed by atoms with Crippen LogP contribution in [0.5, 0.6) is 0 Å². The maximum absolute atomic E-state index is 11.1. The Bertz CT molecular complexity index is 3390. The van der Waals surface area contributed by atoms with Gasteiger partial charge in [0, 0.05) is 90.6 Å². The van der Waals surface area contributed by atoms with Crippen LogP contribution in [0.1, 0.15) is 200 Å². The molecule has 1 saturated carbocycles. The molecule has 7 heterocycles. The summed E-state index contributed by atoms with van der Waals surface area (Å²) >= 11 is 0. The molecule has 15 rings (SSSR count). The van der Waals surface area contributed by atoms with Gasteiger partial charge < -0.3 is 20.4 Å². The number of H-pyrrole nitrogens is 7. The van der Waals surface area contributed by atoms with Gasteiger partial charge in [0.25, 0.3) is 12.9 Å². The molecule has 8 aliphatic rings. The minimum Gasteiger partial charge on any atom is -0.870 e. The van der Waals surface area contributed by atoms with Gasteiger partial charge in [-0.15, -0.1) is 0 Å². The van der Waals surface area contributed by atoms with Gasteiger partial charge in [0.05, 0.1) is 50.6 Å². The Balaban J connectivity index is 0. The summed E-state index contributed by atoms with van der Waals surface area (Å²) in [6, 6.07) is 0. The van der Waals surface area contributed by atoms with Gasteiger partial charge in [0.2, 0.25) is 0 Å². The van der Waals surface area contributed by atoms with E-state index in [-0.39, 0.29) is 103 Å². The second kappa shape index (κ2) is 55.0. The van der Waals surface area contributed by atoms with Crippen LogP contribution in [0.15, 0.2) is 43.4 Å². The van der Waals surface area contributed by atoms with Crippen LogP contribution >= 0.6 is 0 Å². The number of hydrogen-bond donors (Lipinski definition) is 9. The summed E-state index contributed by atoms with van der Waals surface area (Å²) in [5, 5.41) is 48.5. The minimum atomic E-state index is 0. The monoisotopic (exact) mass is 1460 g/mol. The van der Waals surface area contributed by atoms with Gasteiger partial charge in [0.1, 0.15) is 41.1 Å². The number of halogens is 1. The van der Waals surface area contributed by atoms with Crippen LogP contribution in [-0.4, -0.2) is 156 Å². The van der Waals surface area contributed by atoms with Crippen molar-refractivity contribution in [2.24, 2.45) is 47.2 Å². The first-order valence-corrected chi connectivity index (χ1v) is 33.9. The van der Waals surface area contributed by atoms with Crippen molar-refractivity contribution < 1.29 is 117 Å². The standard InChI is InChI=1S/3C9H12N2O.2C8H10N2O2.2C8H12N2.C8H12O2.CH3F.2CO2.CH4.2Li.H4N2.2H2O/c3*1-6(12)7-2-3-9-8(4-7)5-10-11-9;2*11-5-12-7-1-2-8-6(3-7)4-9-10-8;2*1-6-2-3-8-7(4-6)5-9-10-8;1-6(9)7-2-4-8(10)5-3-7;1-2;2*2-1-3;;;;1-2;;/h3*5,7H,2-4H2,1H3,(H,10,11);2*4-5,7H,1-3H2,(H,9,10);2*5-6H,2-4H2,1H3,(H,9,10);7H,2-5H2,1H3;1H3;;;1H4;;;1-2H2;2*1H2/q;;;;;;;;;;;;2*+1;;;/p-2/t;;;2*7-;2*6-;;;;;;;;;;/m...1010........../s1/i;;;;;;;;;;;1D;;;;;. The zero-order valence-corrected chi connectivity index (χ0v) is 62.4.